The second-order valence-corrected chi connectivity index (χ2v) is 12.6. The molecule has 0 aliphatic carbocycles. The number of hydrogen-bond acceptors (Lipinski definition) is 10. The van der Waals surface area contributed by atoms with Crippen LogP contribution in [-0.4, -0.2) is 8.75 Å². The third-order valence-electron chi connectivity index (χ3n) is 5.86. The van der Waals surface area contributed by atoms with Gasteiger partial charge in [-0.2, -0.15) is 8.75 Å². The van der Waals surface area contributed by atoms with Crippen LogP contribution >= 0.6 is 57.1 Å². The monoisotopic (exact) mass is 497 g/mol. The third kappa shape index (κ3) is 2.10. The highest BCUT2D eigenvalue weighted by molar-refractivity contribution is 7.32. The van der Waals surface area contributed by atoms with Gasteiger partial charge in [-0.05, 0) is 19.1 Å². The van der Waals surface area contributed by atoms with E-state index in [0.29, 0.717) is 13.2 Å². The number of nitrogen functional groups attached to an aromatic ring is 1. The Morgan fingerprint density at radius 2 is 1.39 bits per heavy atom. The van der Waals surface area contributed by atoms with Crippen LogP contribution < -0.4 is 15.2 Å². The van der Waals surface area contributed by atoms with Crippen molar-refractivity contribution >= 4 is 91.9 Å². The van der Waals surface area contributed by atoms with Gasteiger partial charge in [-0.15, -0.1) is 45.3 Å². The maximum atomic E-state index is 6.40. The molecule has 0 saturated heterocycles. The number of rotatable bonds is 0. The summed E-state index contributed by atoms with van der Waals surface area (Å²) in [5.74, 6) is 1.62. The molecule has 10 heteroatoms. The molecule has 2 aliphatic heterocycles. The molecular formula is C21H11N3O2S5. The summed E-state index contributed by atoms with van der Waals surface area (Å²) in [5.41, 5.74) is 12.4. The van der Waals surface area contributed by atoms with Gasteiger partial charge in [-0.1, -0.05) is 0 Å². The average Bonchev–Trinajstić information content (AvgIpc) is 3.52. The highest BCUT2D eigenvalue weighted by atomic mass is 32.1. The molecule has 0 saturated carbocycles. The number of nitrogens with zero attached hydrogens (tertiary/aromatic N) is 2. The first-order chi connectivity index (χ1) is 15.2. The van der Waals surface area contributed by atoms with E-state index in [1.807, 2.05) is 22.7 Å². The van der Waals surface area contributed by atoms with Crippen molar-refractivity contribution in [2.45, 2.75) is 20.1 Å². The molecule has 0 unspecified atom stereocenters. The molecule has 6 aromatic rings. The van der Waals surface area contributed by atoms with Crippen LogP contribution in [0.3, 0.4) is 0 Å². The van der Waals surface area contributed by atoms with Crippen LogP contribution in [0, 0.1) is 6.92 Å². The van der Waals surface area contributed by atoms with E-state index in [1.54, 1.807) is 22.7 Å². The number of benzene rings is 1. The fourth-order valence-electron chi connectivity index (χ4n) is 4.62. The first kappa shape index (κ1) is 17.3. The molecule has 31 heavy (non-hydrogen) atoms. The number of fused-ring (bicyclic) bond motifs is 14. The molecule has 5 nitrogen and oxygen atoms in total. The number of aryl methyl sites for hydroxylation is 1. The molecule has 0 amide bonds. The Labute approximate surface area is 195 Å². The second kappa shape index (κ2) is 5.76. The maximum absolute atomic E-state index is 6.40. The zero-order valence-electron chi connectivity index (χ0n) is 15.9. The fraction of sp³-hybridized carbons (Fsp3) is 0.143. The molecule has 8 rings (SSSR count). The van der Waals surface area contributed by atoms with Crippen molar-refractivity contribution < 1.29 is 9.47 Å². The van der Waals surface area contributed by atoms with Crippen LogP contribution in [0.1, 0.15) is 16.0 Å². The molecule has 152 valence electrons. The molecular weight excluding hydrogens is 487 g/mol. The van der Waals surface area contributed by atoms with Crippen LogP contribution in [0.15, 0.2) is 12.1 Å². The topological polar surface area (TPSA) is 70.3 Å². The SMILES string of the molecule is Cc1cc2sc3c(c2s1)COc1c2c(c4nsnc4c1-3)-c1sc3cc(N)sc3c1CO2. The average molecular weight is 498 g/mol. The van der Waals surface area contributed by atoms with Gasteiger partial charge in [0.15, 0.2) is 11.5 Å². The minimum absolute atomic E-state index is 0.521. The van der Waals surface area contributed by atoms with Gasteiger partial charge in [-0.25, -0.2) is 0 Å². The van der Waals surface area contributed by atoms with Crippen molar-refractivity contribution in [3.05, 3.63) is 28.1 Å². The van der Waals surface area contributed by atoms with Gasteiger partial charge < -0.3 is 15.2 Å². The molecule has 7 heterocycles. The highest BCUT2D eigenvalue weighted by Crippen LogP contribution is 2.60. The van der Waals surface area contributed by atoms with E-state index in [0.717, 1.165) is 38.7 Å². The molecule has 5 aromatic heterocycles. The Morgan fingerprint density at radius 3 is 2.03 bits per heavy atom. The predicted octanol–water partition coefficient (Wildman–Crippen LogP) is 7.25. The van der Waals surface area contributed by atoms with Crippen LogP contribution in [-0.2, 0) is 13.2 Å². The largest absolute Gasteiger partial charge is 0.484 e. The summed E-state index contributed by atoms with van der Waals surface area (Å²) in [6.45, 7) is 3.24. The van der Waals surface area contributed by atoms with Gasteiger partial charge in [0.05, 0.1) is 37.3 Å². The van der Waals surface area contributed by atoms with Crippen molar-refractivity contribution in [1.82, 2.24) is 8.75 Å². The first-order valence-electron chi connectivity index (χ1n) is 9.58. The van der Waals surface area contributed by atoms with Crippen LogP contribution in [0.5, 0.6) is 11.5 Å². The minimum Gasteiger partial charge on any atom is -0.484 e. The van der Waals surface area contributed by atoms with Crippen LogP contribution in [0.2, 0.25) is 0 Å². The zero-order valence-corrected chi connectivity index (χ0v) is 20.0. The Bertz CT molecular complexity index is 1610. The number of thiophene rings is 4. The first-order valence-corrected chi connectivity index (χ1v) is 13.6. The lowest BCUT2D eigenvalue weighted by molar-refractivity contribution is 0.255. The molecule has 0 radical (unpaired) electrons. The van der Waals surface area contributed by atoms with Crippen molar-refractivity contribution in [2.75, 3.05) is 5.73 Å². The van der Waals surface area contributed by atoms with E-state index < -0.39 is 0 Å². The summed E-state index contributed by atoms with van der Waals surface area (Å²) >= 11 is 8.30. The Hall–Kier alpha value is -2.24. The molecule has 0 spiro atoms. The smallest absolute Gasteiger partial charge is 0.173 e. The summed E-state index contributed by atoms with van der Waals surface area (Å²) in [7, 11) is 0. The summed E-state index contributed by atoms with van der Waals surface area (Å²) in [4.78, 5) is 3.78. The van der Waals surface area contributed by atoms with Crippen LogP contribution in [0.25, 0.3) is 50.7 Å². The van der Waals surface area contributed by atoms with E-state index in [-0.39, 0.29) is 0 Å². The van der Waals surface area contributed by atoms with Gasteiger partial charge in [-0.3, -0.25) is 0 Å². The summed E-state index contributed by atoms with van der Waals surface area (Å²) < 4.78 is 27.3. The predicted molar refractivity (Wildman–Crippen MR) is 133 cm³/mol. The van der Waals surface area contributed by atoms with E-state index in [2.05, 4.69) is 19.1 Å². The lowest BCUT2D eigenvalue weighted by Gasteiger charge is -2.26. The number of anilines is 1. The van der Waals surface area contributed by atoms with E-state index in [1.165, 1.54) is 56.3 Å². The van der Waals surface area contributed by atoms with Gasteiger partial charge >= 0.3 is 0 Å². The van der Waals surface area contributed by atoms with Gasteiger partial charge in [0, 0.05) is 35.2 Å². The van der Waals surface area contributed by atoms with E-state index in [4.69, 9.17) is 24.0 Å². The fourth-order valence-corrected chi connectivity index (χ4v) is 10.2. The van der Waals surface area contributed by atoms with Crippen molar-refractivity contribution in [3.63, 3.8) is 0 Å². The molecule has 1 aromatic carbocycles. The quantitative estimate of drug-likeness (QED) is 0.239. The second-order valence-electron chi connectivity index (χ2n) is 7.66. The standard InChI is InChI=1S/C21H11N3O2S5/c1-6-2-9-18(27-6)7-4-25-16-12(20(7)28-9)14-15(24-31-23-14)13-17(16)26-5-8-19-10(29-21(8)13)3-11(22)30-19/h2-3H,4-5,22H2,1H3. The summed E-state index contributed by atoms with van der Waals surface area (Å²) in [6, 6.07) is 4.32. The molecule has 0 atom stereocenters. The Balaban J connectivity index is 1.48. The van der Waals surface area contributed by atoms with Crippen molar-refractivity contribution in [1.29, 1.82) is 0 Å². The van der Waals surface area contributed by atoms with Crippen molar-refractivity contribution in [3.8, 4) is 32.4 Å². The summed E-state index contributed by atoms with van der Waals surface area (Å²) in [5, 5.41) is 0.838. The summed E-state index contributed by atoms with van der Waals surface area (Å²) in [6.07, 6.45) is 0. The Kier molecular flexibility index (Phi) is 3.22. The zero-order chi connectivity index (χ0) is 20.4. The highest BCUT2D eigenvalue weighted by Gasteiger charge is 2.36. The number of hydrogen-bond donors (Lipinski definition) is 1. The molecule has 0 fully saturated rings. The van der Waals surface area contributed by atoms with E-state index >= 15 is 0 Å². The minimum atomic E-state index is 0.521. The third-order valence-corrected chi connectivity index (χ3v) is 11.2. The molecule has 2 N–H and O–H groups in total. The van der Waals surface area contributed by atoms with Gasteiger partial charge in [0.25, 0.3) is 0 Å². The lowest BCUT2D eigenvalue weighted by atomic mass is 9.97. The van der Waals surface area contributed by atoms with Gasteiger partial charge in [0.1, 0.15) is 24.2 Å². The lowest BCUT2D eigenvalue weighted by Crippen LogP contribution is -2.10. The van der Waals surface area contributed by atoms with Gasteiger partial charge in [0.2, 0.25) is 0 Å². The molecule has 2 aliphatic rings. The maximum Gasteiger partial charge on any atom is 0.173 e. The van der Waals surface area contributed by atoms with E-state index in [9.17, 15) is 0 Å². The normalized spacial score (nSPS) is 14.4. The number of aromatic nitrogens is 2. The van der Waals surface area contributed by atoms with Crippen LogP contribution in [0.4, 0.5) is 5.00 Å². The molecule has 0 bridgehead atoms. The van der Waals surface area contributed by atoms with Crippen molar-refractivity contribution in [2.24, 2.45) is 0 Å². The Morgan fingerprint density at radius 1 is 0.806 bits per heavy atom. The number of ether oxygens (including phenoxy) is 2. The number of nitrogens with two attached hydrogens (primary N) is 1.